The highest BCUT2D eigenvalue weighted by atomic mass is 19.4. The predicted molar refractivity (Wildman–Crippen MR) is 111 cm³/mol. The highest BCUT2D eigenvalue weighted by molar-refractivity contribution is 5.85. The molecule has 0 atom stereocenters. The summed E-state index contributed by atoms with van der Waals surface area (Å²) in [6.07, 6.45) is -10.4. The van der Waals surface area contributed by atoms with Gasteiger partial charge in [0.15, 0.2) is 11.6 Å². The van der Waals surface area contributed by atoms with Gasteiger partial charge in [0.25, 0.3) is 0 Å². The standard InChI is InChI=1S/C24H22F7NO3/c1-11-12-5-4-6-35-22(12)17(25)7-13(11)19-14(8-18(33)34-3)20(23(26,27)28)15-9-32(2)10-16(15)21(19)24(29,30)31/h7H,4-6,8-10H2,1-3H3. The zero-order chi connectivity index (χ0) is 25.9. The summed E-state index contributed by atoms with van der Waals surface area (Å²) in [6, 6.07) is 0.774. The highest BCUT2D eigenvalue weighted by Crippen LogP contribution is 2.52. The van der Waals surface area contributed by atoms with Crippen LogP contribution >= 0.6 is 0 Å². The summed E-state index contributed by atoms with van der Waals surface area (Å²) in [5.41, 5.74) is -5.23. The maximum atomic E-state index is 15.0. The number of rotatable bonds is 3. The molecular weight excluding hydrogens is 483 g/mol. The van der Waals surface area contributed by atoms with Crippen LogP contribution in [0.15, 0.2) is 6.07 Å². The number of fused-ring (bicyclic) bond motifs is 2. The Labute approximate surface area is 196 Å². The first-order valence-electron chi connectivity index (χ1n) is 10.8. The lowest BCUT2D eigenvalue weighted by Gasteiger charge is -2.28. The Bertz CT molecular complexity index is 1200. The van der Waals surface area contributed by atoms with Gasteiger partial charge in [-0.1, -0.05) is 0 Å². The fourth-order valence-electron chi connectivity index (χ4n) is 5.12. The van der Waals surface area contributed by atoms with Gasteiger partial charge in [-0.15, -0.1) is 0 Å². The van der Waals surface area contributed by atoms with Crippen LogP contribution in [0.25, 0.3) is 11.1 Å². The summed E-state index contributed by atoms with van der Waals surface area (Å²) in [5.74, 6) is -2.23. The van der Waals surface area contributed by atoms with Crippen LogP contribution in [0.1, 0.15) is 45.4 Å². The van der Waals surface area contributed by atoms with Crippen molar-refractivity contribution in [3.63, 3.8) is 0 Å². The molecule has 0 saturated carbocycles. The van der Waals surface area contributed by atoms with E-state index < -0.39 is 63.9 Å². The van der Waals surface area contributed by atoms with Gasteiger partial charge in [0, 0.05) is 18.7 Å². The van der Waals surface area contributed by atoms with Crippen molar-refractivity contribution >= 4 is 5.97 Å². The van der Waals surface area contributed by atoms with E-state index in [-0.39, 0.29) is 36.6 Å². The number of ether oxygens (including phenoxy) is 2. The van der Waals surface area contributed by atoms with Crippen molar-refractivity contribution in [2.75, 3.05) is 20.8 Å². The molecule has 2 aromatic rings. The Kier molecular flexibility index (Phi) is 6.27. The number of halogens is 7. The van der Waals surface area contributed by atoms with E-state index in [4.69, 9.17) is 4.74 Å². The van der Waals surface area contributed by atoms with Crippen LogP contribution in [-0.4, -0.2) is 31.6 Å². The molecule has 0 fully saturated rings. The van der Waals surface area contributed by atoms with Gasteiger partial charge in [0.05, 0.1) is 31.3 Å². The van der Waals surface area contributed by atoms with E-state index in [9.17, 15) is 31.1 Å². The van der Waals surface area contributed by atoms with Crippen LogP contribution in [-0.2, 0) is 47.8 Å². The molecule has 0 aromatic heterocycles. The molecule has 0 unspecified atom stereocenters. The first kappa shape index (κ1) is 25.3. The quantitative estimate of drug-likeness (QED) is 0.389. The molecule has 0 spiro atoms. The molecule has 2 aromatic carbocycles. The maximum absolute atomic E-state index is 15.0. The number of methoxy groups -OCH3 is 1. The Morgan fingerprint density at radius 1 is 1.06 bits per heavy atom. The summed E-state index contributed by atoms with van der Waals surface area (Å²) in [7, 11) is 2.34. The Morgan fingerprint density at radius 2 is 1.66 bits per heavy atom. The van der Waals surface area contributed by atoms with Crippen LogP contribution in [0, 0.1) is 12.7 Å². The Balaban J connectivity index is 2.21. The van der Waals surface area contributed by atoms with Gasteiger partial charge < -0.3 is 9.47 Å². The van der Waals surface area contributed by atoms with E-state index >= 15 is 4.39 Å². The van der Waals surface area contributed by atoms with E-state index in [2.05, 4.69) is 4.74 Å². The van der Waals surface area contributed by atoms with Gasteiger partial charge in [-0.05, 0) is 66.3 Å². The zero-order valence-corrected chi connectivity index (χ0v) is 19.1. The minimum atomic E-state index is -5.07. The molecule has 0 radical (unpaired) electrons. The molecule has 4 rings (SSSR count). The number of carbonyl (C=O) groups is 1. The number of hydrogen-bond acceptors (Lipinski definition) is 4. The number of benzene rings is 2. The molecule has 4 nitrogen and oxygen atoms in total. The fourth-order valence-corrected chi connectivity index (χ4v) is 5.12. The smallest absolute Gasteiger partial charge is 0.417 e. The average Bonchev–Trinajstić information content (AvgIpc) is 3.13. The summed E-state index contributed by atoms with van der Waals surface area (Å²) >= 11 is 0. The molecule has 0 aliphatic carbocycles. The van der Waals surface area contributed by atoms with Crippen LogP contribution in [0.2, 0.25) is 0 Å². The second-order valence-electron chi connectivity index (χ2n) is 8.77. The largest absolute Gasteiger partial charge is 0.490 e. The third-order valence-electron chi connectivity index (χ3n) is 6.50. The van der Waals surface area contributed by atoms with Crippen LogP contribution in [0.3, 0.4) is 0 Å². The molecule has 11 heteroatoms. The molecule has 35 heavy (non-hydrogen) atoms. The molecule has 2 aliphatic heterocycles. The van der Waals surface area contributed by atoms with E-state index in [0.29, 0.717) is 18.4 Å². The molecule has 0 saturated heterocycles. The number of hydrogen-bond donors (Lipinski definition) is 0. The molecule has 0 N–H and O–H groups in total. The minimum Gasteiger partial charge on any atom is -0.490 e. The number of alkyl halides is 6. The van der Waals surface area contributed by atoms with Gasteiger partial charge in [0.1, 0.15) is 0 Å². The maximum Gasteiger partial charge on any atom is 0.417 e. The number of carbonyl (C=O) groups excluding carboxylic acids is 1. The first-order chi connectivity index (χ1) is 16.3. The molecule has 0 amide bonds. The Morgan fingerprint density at radius 3 is 2.23 bits per heavy atom. The normalized spacial score (nSPS) is 16.1. The van der Waals surface area contributed by atoms with Crippen molar-refractivity contribution in [3.05, 3.63) is 50.8 Å². The van der Waals surface area contributed by atoms with Crippen molar-refractivity contribution in [2.45, 2.75) is 51.6 Å². The van der Waals surface area contributed by atoms with E-state index in [1.54, 1.807) is 0 Å². The fraction of sp³-hybridized carbons (Fsp3) is 0.458. The van der Waals surface area contributed by atoms with Gasteiger partial charge in [-0.25, -0.2) is 4.39 Å². The van der Waals surface area contributed by atoms with Crippen molar-refractivity contribution in [3.8, 4) is 16.9 Å². The van der Waals surface area contributed by atoms with E-state index in [1.165, 1.54) is 18.9 Å². The van der Waals surface area contributed by atoms with Crippen LogP contribution < -0.4 is 4.74 Å². The highest BCUT2D eigenvalue weighted by Gasteiger charge is 2.48. The number of nitrogens with zero attached hydrogens (tertiary/aromatic N) is 1. The lowest BCUT2D eigenvalue weighted by molar-refractivity contribution is -0.144. The first-order valence-corrected chi connectivity index (χ1v) is 10.8. The van der Waals surface area contributed by atoms with Crippen LogP contribution in [0.4, 0.5) is 30.7 Å². The molecular formula is C24H22F7NO3. The molecule has 0 bridgehead atoms. The molecule has 190 valence electrons. The average molecular weight is 505 g/mol. The van der Waals surface area contributed by atoms with Gasteiger partial charge in [0.2, 0.25) is 0 Å². The summed E-state index contributed by atoms with van der Waals surface area (Å²) in [4.78, 5) is 13.5. The lowest BCUT2D eigenvalue weighted by Crippen LogP contribution is -2.23. The van der Waals surface area contributed by atoms with Crippen LogP contribution in [0.5, 0.6) is 5.75 Å². The third kappa shape index (κ3) is 4.34. The third-order valence-corrected chi connectivity index (χ3v) is 6.50. The summed E-state index contributed by atoms with van der Waals surface area (Å²) in [6.45, 7) is 0.881. The van der Waals surface area contributed by atoms with E-state index in [0.717, 1.165) is 13.2 Å². The topological polar surface area (TPSA) is 38.8 Å². The van der Waals surface area contributed by atoms with Crippen molar-refractivity contribution in [1.29, 1.82) is 0 Å². The monoisotopic (exact) mass is 505 g/mol. The molecule has 2 heterocycles. The van der Waals surface area contributed by atoms with Gasteiger partial charge in [-0.3, -0.25) is 9.69 Å². The second-order valence-corrected chi connectivity index (χ2v) is 8.77. The Hall–Kier alpha value is -2.82. The minimum absolute atomic E-state index is 0.113. The van der Waals surface area contributed by atoms with Crippen molar-refractivity contribution in [1.82, 2.24) is 4.90 Å². The summed E-state index contributed by atoms with van der Waals surface area (Å²) in [5, 5.41) is 0. The van der Waals surface area contributed by atoms with E-state index in [1.807, 2.05) is 0 Å². The zero-order valence-electron chi connectivity index (χ0n) is 19.1. The predicted octanol–water partition coefficient (Wildman–Crippen LogP) is 5.82. The lowest BCUT2D eigenvalue weighted by atomic mass is 9.80. The number of esters is 1. The summed E-state index contributed by atoms with van der Waals surface area (Å²) < 4.78 is 112. The second kappa shape index (κ2) is 8.69. The van der Waals surface area contributed by atoms with Gasteiger partial charge >= 0.3 is 18.3 Å². The van der Waals surface area contributed by atoms with Crippen molar-refractivity contribution in [2.24, 2.45) is 0 Å². The molecule has 2 aliphatic rings. The van der Waals surface area contributed by atoms with Gasteiger partial charge in [-0.2, -0.15) is 26.3 Å². The SMILES string of the molecule is COC(=O)Cc1c(-c2cc(F)c3c(c2C)CCCO3)c(C(F)(F)F)c2c(c1C(F)(F)F)CN(C)C2. The van der Waals surface area contributed by atoms with Crippen molar-refractivity contribution < 1.29 is 45.0 Å².